The van der Waals surface area contributed by atoms with Crippen LogP contribution >= 0.6 is 23.5 Å². The molecule has 1 fully saturated rings. The summed E-state index contributed by atoms with van der Waals surface area (Å²) < 4.78 is 116. The van der Waals surface area contributed by atoms with Crippen LogP contribution in [0.25, 0.3) is 54.0 Å². The Balaban J connectivity index is 0.722. The number of rotatable bonds is 36. The van der Waals surface area contributed by atoms with Gasteiger partial charge in [-0.1, -0.05) is 28.1 Å². The molecule has 9 N–H and O–H groups in total. The lowest BCUT2D eigenvalue weighted by molar-refractivity contribution is -0.702. The Labute approximate surface area is 551 Å². The summed E-state index contributed by atoms with van der Waals surface area (Å²) in [7, 11) is -21.1. The molecule has 6 heterocycles. The number of fused-ring (bicyclic) bond motifs is 3. The van der Waals surface area contributed by atoms with Crippen LogP contribution in [0.4, 0.5) is 11.5 Å². The van der Waals surface area contributed by atoms with Crippen molar-refractivity contribution in [1.29, 1.82) is 0 Å². The Morgan fingerprint density at radius 3 is 2.56 bits per heavy atom. The number of ether oxygens (including phenoxy) is 5. The number of carbonyl (C=O) groups is 3. The SMILES string of the molecule is Cc1cc(-c2cc3cc4c(cc3oc2=O)N(CCCC(=O)CCCNC(=O)c2cccc(OCC(N=[N+]=[N-])OCCOCC(=O)NCC#Cc3cn([C@H]5C[C@@H](OCN=[N+]=[N-])[C@@H](COP(=O)(O)OP(=O)(O)OP(=O)(O)O)O5)c5ncnc(N)c35)c2)CCC4)cc[n+]1CCCS(=O)(=O)O. The van der Waals surface area contributed by atoms with Crippen LogP contribution in [0.1, 0.15) is 78.4 Å². The van der Waals surface area contributed by atoms with Crippen molar-refractivity contribution in [3.05, 3.63) is 127 Å². The summed E-state index contributed by atoms with van der Waals surface area (Å²) in [4.78, 5) is 105. The summed E-state index contributed by atoms with van der Waals surface area (Å²) in [6.45, 7) is 1.34. The number of hydrogen-bond acceptors (Lipinski definition) is 24. The molecule has 1 saturated heterocycles. The molecule has 0 radical (unpaired) electrons. The first kappa shape index (κ1) is 74.6. The fraction of sp³-hybridized carbons (Fsp3) is 0.446. The number of hydrogen-bond donors (Lipinski definition) is 8. The number of nitrogens with two attached hydrogens (primary N) is 1. The van der Waals surface area contributed by atoms with E-state index in [1.54, 1.807) is 30.5 Å². The van der Waals surface area contributed by atoms with Crippen LogP contribution in [0, 0.1) is 18.8 Å². The molecule has 8 rings (SSSR count). The molecular formula is C56H68N14O23P3S+. The van der Waals surface area contributed by atoms with E-state index in [-0.39, 0.29) is 97.4 Å². The molecule has 2 amide bonds. The van der Waals surface area contributed by atoms with Gasteiger partial charge in [0.2, 0.25) is 5.91 Å². The van der Waals surface area contributed by atoms with E-state index in [1.807, 2.05) is 35.8 Å². The monoisotopic (exact) mass is 1430 g/mol. The minimum absolute atomic E-state index is 0.00302. The van der Waals surface area contributed by atoms with Crippen molar-refractivity contribution in [2.24, 2.45) is 10.2 Å². The number of phosphoric ester groups is 1. The highest BCUT2D eigenvalue weighted by atomic mass is 32.2. The number of phosphoric acid groups is 3. The molecule has 4 aromatic heterocycles. The minimum atomic E-state index is -5.83. The number of nitrogens with zero attached hydrogens (tertiary/aromatic N) is 11. The molecule has 2 aliphatic heterocycles. The molecule has 3 unspecified atom stereocenters. The number of anilines is 2. The standard InChI is InChI=1S/C56H67N14O23P3S/c1-36-24-37(14-20-68(36)19-7-23-97(82,83)84)44-27-41-25-38-10-5-17-69(45(38)28-46(41)91-56(44)74)18-6-12-42(71)11-4-16-61-55(73)39-8-2-13-43(26-39)87-33-50(65-67-59)86-22-21-85-32-49(72)60-15-3-9-40-30-70(54-52(40)53(57)62-34-63-54)51-29-47(88-35-64-66-58)48(90-51)31-89-95(78,79)93-96(80,81)92-94(75,76)77/h2,8,13-14,20,24-28,30,34,47-48,50-51H,4-7,10-12,15-19,21-23,29,31-33,35H2,1H3,(H8-,57,60,61,62,63,72,73,75,76,77,78,79,80,81,82,83,84)/p+1/t47-,48-,50?,51-/m1/s1. The number of amides is 2. The van der Waals surface area contributed by atoms with E-state index in [0.29, 0.717) is 49.1 Å². The van der Waals surface area contributed by atoms with Gasteiger partial charge >= 0.3 is 29.1 Å². The van der Waals surface area contributed by atoms with Crippen LogP contribution in [-0.4, -0.2) is 155 Å². The maximum atomic E-state index is 13.3. The molecule has 6 aromatic rings. The largest absolute Gasteiger partial charge is 0.491 e. The maximum Gasteiger partial charge on any atom is 0.490 e. The van der Waals surface area contributed by atoms with Gasteiger partial charge in [-0.2, -0.15) is 17.0 Å². The smallest absolute Gasteiger partial charge is 0.490 e. The first-order valence-corrected chi connectivity index (χ1v) is 35.8. The maximum absolute atomic E-state index is 13.3. The third kappa shape index (κ3) is 22.7. The van der Waals surface area contributed by atoms with E-state index in [2.05, 4.69) is 66.0 Å². The highest BCUT2D eigenvalue weighted by molar-refractivity contribution is 7.85. The molecule has 0 bridgehead atoms. The molecule has 6 atom stereocenters. The molecule has 0 aliphatic carbocycles. The minimum Gasteiger partial charge on any atom is -0.491 e. The summed E-state index contributed by atoms with van der Waals surface area (Å²) >= 11 is 0. The number of nitrogens with one attached hydrogen (secondary N) is 2. The normalized spacial score (nSPS) is 17.0. The van der Waals surface area contributed by atoms with Gasteiger partial charge in [0, 0.05) is 109 Å². The third-order valence-corrected chi connectivity index (χ3v) is 19.3. The second-order valence-electron chi connectivity index (χ2n) is 21.7. The number of Topliss-reactive ketones (excluding diaryl/α,β-unsaturated/α-hetero) is 1. The Morgan fingerprint density at radius 1 is 0.990 bits per heavy atom. The van der Waals surface area contributed by atoms with Crippen molar-refractivity contribution in [3.8, 4) is 28.7 Å². The number of pyridine rings is 1. The van der Waals surface area contributed by atoms with Crippen LogP contribution in [-0.2, 0) is 78.5 Å². The second kappa shape index (κ2) is 34.3. The zero-order chi connectivity index (χ0) is 69.9. The molecule has 0 spiro atoms. The molecule has 41 heteroatoms. The number of carbonyl (C=O) groups excluding carboxylic acids is 3. The van der Waals surface area contributed by atoms with Crippen molar-refractivity contribution >= 4 is 84.7 Å². The fourth-order valence-electron chi connectivity index (χ4n) is 10.4. The van der Waals surface area contributed by atoms with E-state index in [1.165, 1.54) is 16.8 Å². The zero-order valence-electron chi connectivity index (χ0n) is 51.7. The average Bonchev–Trinajstić information content (AvgIpc) is 1.76. The number of azide groups is 2. The highest BCUT2D eigenvalue weighted by Crippen LogP contribution is 2.66. The molecular weight excluding hydrogens is 1360 g/mol. The first-order chi connectivity index (χ1) is 46.2. The summed E-state index contributed by atoms with van der Waals surface area (Å²) in [5.41, 5.74) is 28.7. The Bertz CT molecular complexity index is 4360. The van der Waals surface area contributed by atoms with Crippen LogP contribution in [0.15, 0.2) is 92.8 Å². The zero-order valence-corrected chi connectivity index (χ0v) is 55.2. The predicted molar refractivity (Wildman–Crippen MR) is 341 cm³/mol. The van der Waals surface area contributed by atoms with Crippen molar-refractivity contribution < 1.29 is 106 Å². The van der Waals surface area contributed by atoms with Crippen LogP contribution in [0.2, 0.25) is 0 Å². The van der Waals surface area contributed by atoms with E-state index in [0.717, 1.165) is 48.0 Å². The van der Waals surface area contributed by atoms with Gasteiger partial charge in [-0.3, -0.25) is 23.5 Å². The first-order valence-electron chi connectivity index (χ1n) is 29.7. The number of ketones is 1. The van der Waals surface area contributed by atoms with Gasteiger partial charge in [-0.05, 0) is 72.6 Å². The van der Waals surface area contributed by atoms with Crippen molar-refractivity contribution in [3.63, 3.8) is 0 Å². The van der Waals surface area contributed by atoms with Gasteiger partial charge in [0.25, 0.3) is 16.0 Å². The number of aryl methyl sites for hydroxylation is 3. The van der Waals surface area contributed by atoms with E-state index < -0.39 is 95.6 Å². The predicted octanol–water partition coefficient (Wildman–Crippen LogP) is 5.47. The van der Waals surface area contributed by atoms with Gasteiger partial charge in [-0.15, -0.1) is 0 Å². The van der Waals surface area contributed by atoms with Gasteiger partial charge in [0.05, 0.1) is 54.7 Å². The summed E-state index contributed by atoms with van der Waals surface area (Å²) in [6, 6.07) is 15.6. The molecule has 37 nitrogen and oxygen atoms in total. The Morgan fingerprint density at radius 2 is 1.79 bits per heavy atom. The number of nitrogen functional groups attached to an aromatic ring is 1. The van der Waals surface area contributed by atoms with E-state index in [9.17, 15) is 51.1 Å². The average molecular weight is 1430 g/mol. The fourth-order valence-corrected chi connectivity index (χ4v) is 14.0. The molecule has 97 heavy (non-hydrogen) atoms. The highest BCUT2D eigenvalue weighted by Gasteiger charge is 2.44. The van der Waals surface area contributed by atoms with Gasteiger partial charge in [-0.25, -0.2) is 33.0 Å². The van der Waals surface area contributed by atoms with Crippen LogP contribution in [0.5, 0.6) is 5.75 Å². The van der Waals surface area contributed by atoms with Crippen molar-refractivity contribution in [2.45, 2.75) is 89.5 Å². The lowest BCUT2D eigenvalue weighted by Gasteiger charge is -2.31. The Kier molecular flexibility index (Phi) is 26.4. The summed E-state index contributed by atoms with van der Waals surface area (Å²) in [5, 5.41) is 13.3. The molecule has 2 aromatic carbocycles. The van der Waals surface area contributed by atoms with E-state index in [4.69, 9.17) is 63.8 Å². The Hall–Kier alpha value is -8.23. The number of benzene rings is 2. The van der Waals surface area contributed by atoms with E-state index >= 15 is 0 Å². The van der Waals surface area contributed by atoms with Gasteiger partial charge < -0.3 is 73.5 Å². The van der Waals surface area contributed by atoms with Gasteiger partial charge in [0.1, 0.15) is 73.7 Å². The number of aromatic nitrogens is 4. The lowest BCUT2D eigenvalue weighted by atomic mass is 9.98. The third-order valence-electron chi connectivity index (χ3n) is 14.7. The van der Waals surface area contributed by atoms with Crippen LogP contribution < -0.4 is 36.2 Å². The second-order valence-corrected chi connectivity index (χ2v) is 27.7. The quantitative estimate of drug-likeness (QED) is 0.00278. The topological polar surface area (TPSA) is 527 Å². The molecule has 0 saturated carbocycles. The van der Waals surface area contributed by atoms with Crippen LogP contribution in [0.3, 0.4) is 0 Å². The lowest BCUT2D eigenvalue weighted by Crippen LogP contribution is -2.37. The molecule has 2 aliphatic rings. The summed E-state index contributed by atoms with van der Waals surface area (Å²) in [5.74, 6) is 4.67. The summed E-state index contributed by atoms with van der Waals surface area (Å²) in [6.07, 6.45) is 3.44. The van der Waals surface area contributed by atoms with Crippen molar-refractivity contribution in [1.82, 2.24) is 25.2 Å². The van der Waals surface area contributed by atoms with Gasteiger partial charge in [0.15, 0.2) is 18.1 Å². The molecule has 520 valence electrons. The van der Waals surface area contributed by atoms with Crippen molar-refractivity contribution in [2.75, 3.05) is 82.3 Å².